The van der Waals surface area contributed by atoms with Crippen molar-refractivity contribution >= 4 is 0 Å². The Morgan fingerprint density at radius 3 is 2.77 bits per heavy atom. The Balaban J connectivity index is 2.09. The van der Waals surface area contributed by atoms with Crippen LogP contribution in [0.2, 0.25) is 0 Å². The Labute approximate surface area is 79.3 Å². The maximum absolute atomic E-state index is 8.52. The summed E-state index contributed by atoms with van der Waals surface area (Å²) >= 11 is 0. The minimum absolute atomic E-state index is 0.105. The van der Waals surface area contributed by atoms with E-state index in [1.54, 1.807) is 0 Å². The van der Waals surface area contributed by atoms with Crippen LogP contribution in [0.3, 0.4) is 0 Å². The van der Waals surface area contributed by atoms with E-state index in [2.05, 4.69) is 6.92 Å². The highest BCUT2D eigenvalue weighted by Gasteiger charge is 2.33. The predicted molar refractivity (Wildman–Crippen MR) is 50.1 cm³/mol. The van der Waals surface area contributed by atoms with Gasteiger partial charge in [-0.3, -0.25) is 0 Å². The Bertz CT molecular complexity index is 189. The van der Waals surface area contributed by atoms with Crippen molar-refractivity contribution < 1.29 is 14.6 Å². The molecule has 3 heteroatoms. The topological polar surface area (TPSA) is 38.7 Å². The Hall–Kier alpha value is -0.700. The zero-order chi connectivity index (χ0) is 9.73. The fourth-order valence-electron chi connectivity index (χ4n) is 1.11. The standard InChI is InChI=1S/C10H18O3/c1-3-10(2)8-9(13-10)12-7-5-4-6-11/h8,11H,3-7H2,1-2H3. The second-order valence-electron chi connectivity index (χ2n) is 3.51. The van der Waals surface area contributed by atoms with Crippen molar-refractivity contribution in [2.75, 3.05) is 13.2 Å². The van der Waals surface area contributed by atoms with E-state index in [1.165, 1.54) is 0 Å². The van der Waals surface area contributed by atoms with E-state index in [0.29, 0.717) is 12.6 Å². The lowest BCUT2D eigenvalue weighted by atomic mass is 10.0. The third-order valence-electron chi connectivity index (χ3n) is 2.26. The van der Waals surface area contributed by atoms with Crippen molar-refractivity contribution in [2.24, 2.45) is 0 Å². The molecular formula is C10H18O3. The van der Waals surface area contributed by atoms with E-state index >= 15 is 0 Å². The van der Waals surface area contributed by atoms with Gasteiger partial charge >= 0.3 is 0 Å². The van der Waals surface area contributed by atoms with Gasteiger partial charge in [-0.15, -0.1) is 0 Å². The number of aliphatic hydroxyl groups excluding tert-OH is 1. The summed E-state index contributed by atoms with van der Waals surface area (Å²) in [6.45, 7) is 4.98. The molecule has 0 spiro atoms. The average molecular weight is 186 g/mol. The summed E-state index contributed by atoms with van der Waals surface area (Å²) in [6.07, 6.45) is 4.64. The molecule has 1 heterocycles. The second-order valence-corrected chi connectivity index (χ2v) is 3.51. The maximum Gasteiger partial charge on any atom is 0.279 e. The lowest BCUT2D eigenvalue weighted by Crippen LogP contribution is -2.34. The third kappa shape index (κ3) is 2.92. The molecule has 0 aromatic carbocycles. The summed E-state index contributed by atoms with van der Waals surface area (Å²) in [4.78, 5) is 0. The molecule has 1 rings (SSSR count). The normalized spacial score (nSPS) is 25.9. The molecular weight excluding hydrogens is 168 g/mol. The van der Waals surface area contributed by atoms with Gasteiger partial charge in [0.1, 0.15) is 5.60 Å². The van der Waals surface area contributed by atoms with Gasteiger partial charge < -0.3 is 14.6 Å². The van der Waals surface area contributed by atoms with Crippen molar-refractivity contribution in [1.82, 2.24) is 0 Å². The molecule has 0 bridgehead atoms. The van der Waals surface area contributed by atoms with E-state index in [-0.39, 0.29) is 12.2 Å². The van der Waals surface area contributed by atoms with Crippen LogP contribution in [0.25, 0.3) is 0 Å². The molecule has 0 saturated carbocycles. The van der Waals surface area contributed by atoms with Gasteiger partial charge in [0.15, 0.2) is 0 Å². The number of aliphatic hydroxyl groups is 1. The molecule has 1 aliphatic rings. The molecule has 0 aromatic heterocycles. The highest BCUT2D eigenvalue weighted by atomic mass is 16.7. The van der Waals surface area contributed by atoms with Crippen LogP contribution in [-0.2, 0) is 9.47 Å². The molecule has 1 unspecified atom stereocenters. The molecule has 0 aliphatic carbocycles. The minimum atomic E-state index is -0.105. The van der Waals surface area contributed by atoms with Gasteiger partial charge in [0, 0.05) is 12.7 Å². The van der Waals surface area contributed by atoms with Crippen molar-refractivity contribution in [3.05, 3.63) is 12.0 Å². The SMILES string of the molecule is CCC1(C)C=C(OCCCCO)O1. The quantitative estimate of drug-likeness (QED) is 0.643. The number of hydrogen-bond acceptors (Lipinski definition) is 3. The zero-order valence-corrected chi connectivity index (χ0v) is 8.38. The maximum atomic E-state index is 8.52. The summed E-state index contributed by atoms with van der Waals surface area (Å²) < 4.78 is 10.7. The van der Waals surface area contributed by atoms with Crippen LogP contribution in [0.4, 0.5) is 0 Å². The first-order chi connectivity index (χ1) is 6.20. The van der Waals surface area contributed by atoms with Crippen LogP contribution in [-0.4, -0.2) is 23.9 Å². The molecule has 0 radical (unpaired) electrons. The van der Waals surface area contributed by atoms with Crippen molar-refractivity contribution in [2.45, 2.75) is 38.7 Å². The summed E-state index contributed by atoms with van der Waals surface area (Å²) in [5.74, 6) is 0.641. The number of rotatable bonds is 6. The summed E-state index contributed by atoms with van der Waals surface area (Å²) in [7, 11) is 0. The van der Waals surface area contributed by atoms with Crippen LogP contribution in [0.5, 0.6) is 0 Å². The van der Waals surface area contributed by atoms with Crippen LogP contribution in [0.15, 0.2) is 12.0 Å². The lowest BCUT2D eigenvalue weighted by Gasteiger charge is -2.35. The van der Waals surface area contributed by atoms with Gasteiger partial charge in [0.05, 0.1) is 6.61 Å². The van der Waals surface area contributed by atoms with Gasteiger partial charge in [-0.2, -0.15) is 0 Å². The second kappa shape index (κ2) is 4.51. The first-order valence-electron chi connectivity index (χ1n) is 4.86. The van der Waals surface area contributed by atoms with Crippen LogP contribution in [0.1, 0.15) is 33.1 Å². The third-order valence-corrected chi connectivity index (χ3v) is 2.26. The largest absolute Gasteiger partial charge is 0.466 e. The molecule has 1 atom stereocenters. The van der Waals surface area contributed by atoms with Gasteiger partial charge in [-0.1, -0.05) is 6.92 Å². The summed E-state index contributed by atoms with van der Waals surface area (Å²) in [6, 6.07) is 0. The van der Waals surface area contributed by atoms with E-state index in [9.17, 15) is 0 Å². The fraction of sp³-hybridized carbons (Fsp3) is 0.800. The van der Waals surface area contributed by atoms with Gasteiger partial charge in [-0.25, -0.2) is 0 Å². The van der Waals surface area contributed by atoms with Crippen molar-refractivity contribution in [3.63, 3.8) is 0 Å². The van der Waals surface area contributed by atoms with Crippen molar-refractivity contribution in [3.8, 4) is 0 Å². The first kappa shape index (κ1) is 10.4. The van der Waals surface area contributed by atoms with E-state index in [4.69, 9.17) is 14.6 Å². The first-order valence-corrected chi connectivity index (χ1v) is 4.86. The number of unbranched alkanes of at least 4 members (excludes halogenated alkanes) is 1. The zero-order valence-electron chi connectivity index (χ0n) is 8.38. The highest BCUT2D eigenvalue weighted by molar-refractivity contribution is 5.10. The number of ether oxygens (including phenoxy) is 2. The van der Waals surface area contributed by atoms with E-state index in [1.807, 2.05) is 13.0 Å². The highest BCUT2D eigenvalue weighted by Crippen LogP contribution is 2.32. The molecule has 0 amide bonds. The molecule has 1 aliphatic heterocycles. The molecule has 1 N–H and O–H groups in total. The fourth-order valence-corrected chi connectivity index (χ4v) is 1.11. The van der Waals surface area contributed by atoms with E-state index in [0.717, 1.165) is 19.3 Å². The van der Waals surface area contributed by atoms with Gasteiger partial charge in [0.25, 0.3) is 5.95 Å². The Morgan fingerprint density at radius 2 is 2.23 bits per heavy atom. The predicted octanol–water partition coefficient (Wildman–Crippen LogP) is 1.82. The lowest BCUT2D eigenvalue weighted by molar-refractivity contribution is -0.0887. The number of hydrogen-bond donors (Lipinski definition) is 1. The molecule has 0 aromatic rings. The van der Waals surface area contributed by atoms with Crippen LogP contribution >= 0.6 is 0 Å². The molecule has 0 fully saturated rings. The molecule has 13 heavy (non-hydrogen) atoms. The van der Waals surface area contributed by atoms with E-state index < -0.39 is 0 Å². The van der Waals surface area contributed by atoms with Crippen molar-refractivity contribution in [1.29, 1.82) is 0 Å². The molecule has 3 nitrogen and oxygen atoms in total. The monoisotopic (exact) mass is 186 g/mol. The Kier molecular flexibility index (Phi) is 3.60. The van der Waals surface area contributed by atoms with Gasteiger partial charge in [-0.05, 0) is 26.2 Å². The smallest absolute Gasteiger partial charge is 0.279 e. The van der Waals surface area contributed by atoms with Gasteiger partial charge in [0.2, 0.25) is 0 Å². The molecule has 76 valence electrons. The average Bonchev–Trinajstić information content (AvgIpc) is 2.08. The molecule has 0 saturated heterocycles. The van der Waals surface area contributed by atoms with Crippen LogP contribution < -0.4 is 0 Å². The Morgan fingerprint density at radius 1 is 1.54 bits per heavy atom. The summed E-state index contributed by atoms with van der Waals surface area (Å²) in [5.41, 5.74) is -0.105. The van der Waals surface area contributed by atoms with Crippen LogP contribution in [0, 0.1) is 0 Å². The summed E-state index contributed by atoms with van der Waals surface area (Å²) in [5, 5.41) is 8.52. The minimum Gasteiger partial charge on any atom is -0.466 e.